The summed E-state index contributed by atoms with van der Waals surface area (Å²) in [6, 6.07) is 4.75. The van der Waals surface area contributed by atoms with Crippen LogP contribution in [-0.2, 0) is 0 Å². The van der Waals surface area contributed by atoms with E-state index in [1.807, 2.05) is 0 Å². The molecule has 0 aliphatic carbocycles. The van der Waals surface area contributed by atoms with Gasteiger partial charge in [-0.1, -0.05) is 11.6 Å². The van der Waals surface area contributed by atoms with E-state index in [2.05, 4.69) is 31.0 Å². The number of anilines is 2. The predicted molar refractivity (Wildman–Crippen MR) is 73.3 cm³/mol. The van der Waals surface area contributed by atoms with Crippen molar-refractivity contribution >= 4 is 39.0 Å². The van der Waals surface area contributed by atoms with Crippen molar-refractivity contribution in [3.63, 3.8) is 0 Å². The Labute approximate surface area is 130 Å². The van der Waals surface area contributed by atoms with Crippen molar-refractivity contribution in [3.8, 4) is 5.75 Å². The van der Waals surface area contributed by atoms with Gasteiger partial charge >= 0.3 is 6.36 Å². The van der Waals surface area contributed by atoms with E-state index in [0.29, 0.717) is 5.69 Å². The van der Waals surface area contributed by atoms with Crippen LogP contribution in [0.1, 0.15) is 0 Å². The van der Waals surface area contributed by atoms with Crippen LogP contribution in [0.4, 0.5) is 29.1 Å². The monoisotopic (exact) mass is 384 g/mol. The summed E-state index contributed by atoms with van der Waals surface area (Å²) in [5.74, 6) is -1.19. The average Bonchev–Trinajstić information content (AvgIpc) is 2.35. The molecule has 112 valence electrons. The molecule has 3 nitrogen and oxygen atoms in total. The molecule has 0 amide bonds. The van der Waals surface area contributed by atoms with Gasteiger partial charge in [-0.15, -0.1) is 13.2 Å². The Morgan fingerprint density at radius 3 is 2.52 bits per heavy atom. The minimum atomic E-state index is -4.79. The van der Waals surface area contributed by atoms with E-state index in [9.17, 15) is 17.6 Å². The first-order valence-corrected chi connectivity index (χ1v) is 6.55. The summed E-state index contributed by atoms with van der Waals surface area (Å²) in [6.45, 7) is 0. The third-order valence-electron chi connectivity index (χ3n) is 2.23. The molecule has 0 aliphatic rings. The Kier molecular flexibility index (Phi) is 4.58. The van der Waals surface area contributed by atoms with E-state index in [-0.39, 0.29) is 15.3 Å². The third-order valence-corrected chi connectivity index (χ3v) is 3.05. The molecule has 0 fully saturated rings. The fourth-order valence-corrected chi connectivity index (χ4v) is 2.03. The van der Waals surface area contributed by atoms with Gasteiger partial charge in [0.15, 0.2) is 11.6 Å². The number of rotatable bonds is 3. The SMILES string of the molecule is Fc1cc(Cl)cnc1Nc1ccc(OC(F)(F)F)c(Br)c1. The van der Waals surface area contributed by atoms with Gasteiger partial charge in [0.1, 0.15) is 5.75 Å². The second-order valence-corrected chi connectivity index (χ2v) is 5.09. The molecule has 1 aromatic heterocycles. The smallest absolute Gasteiger partial charge is 0.405 e. The first kappa shape index (κ1) is 15.8. The zero-order valence-electron chi connectivity index (χ0n) is 10.0. The first-order valence-electron chi connectivity index (χ1n) is 5.38. The minimum Gasteiger partial charge on any atom is -0.405 e. The van der Waals surface area contributed by atoms with Crippen molar-refractivity contribution < 1.29 is 22.3 Å². The lowest BCUT2D eigenvalue weighted by Crippen LogP contribution is -2.17. The lowest BCUT2D eigenvalue weighted by atomic mass is 10.3. The van der Waals surface area contributed by atoms with Crippen LogP contribution in [-0.4, -0.2) is 11.3 Å². The molecule has 0 saturated carbocycles. The molecule has 1 heterocycles. The fraction of sp³-hybridized carbons (Fsp3) is 0.0833. The lowest BCUT2D eigenvalue weighted by molar-refractivity contribution is -0.274. The molecule has 2 aromatic rings. The van der Waals surface area contributed by atoms with Crippen LogP contribution in [0.15, 0.2) is 34.9 Å². The molecule has 0 saturated heterocycles. The van der Waals surface area contributed by atoms with Gasteiger partial charge in [-0.3, -0.25) is 0 Å². The van der Waals surface area contributed by atoms with Gasteiger partial charge in [-0.05, 0) is 40.2 Å². The number of hydrogen-bond donors (Lipinski definition) is 1. The minimum absolute atomic E-state index is 0.0548. The second kappa shape index (κ2) is 6.07. The molecule has 1 N–H and O–H groups in total. The summed E-state index contributed by atoms with van der Waals surface area (Å²) in [5, 5.41) is 2.75. The van der Waals surface area contributed by atoms with Crippen molar-refractivity contribution in [2.45, 2.75) is 6.36 Å². The number of benzene rings is 1. The average molecular weight is 386 g/mol. The van der Waals surface area contributed by atoms with Crippen molar-refractivity contribution in [2.75, 3.05) is 5.32 Å². The van der Waals surface area contributed by atoms with Gasteiger partial charge in [-0.2, -0.15) is 0 Å². The van der Waals surface area contributed by atoms with Crippen molar-refractivity contribution in [2.24, 2.45) is 0 Å². The molecule has 0 spiro atoms. The normalized spacial score (nSPS) is 11.3. The van der Waals surface area contributed by atoms with Crippen LogP contribution >= 0.6 is 27.5 Å². The molecule has 1 aromatic carbocycles. The number of halogens is 6. The number of nitrogens with zero attached hydrogens (tertiary/aromatic N) is 1. The van der Waals surface area contributed by atoms with Crippen LogP contribution in [0.5, 0.6) is 5.75 Å². The number of aromatic nitrogens is 1. The highest BCUT2D eigenvalue weighted by Crippen LogP contribution is 2.33. The summed E-state index contributed by atoms with van der Waals surface area (Å²) in [4.78, 5) is 3.74. The van der Waals surface area contributed by atoms with Crippen LogP contribution < -0.4 is 10.1 Å². The van der Waals surface area contributed by atoms with Gasteiger partial charge in [0.25, 0.3) is 0 Å². The third kappa shape index (κ3) is 4.47. The molecule has 9 heteroatoms. The van der Waals surface area contributed by atoms with Crippen LogP contribution in [0.2, 0.25) is 5.02 Å². The molecule has 0 aliphatic heterocycles. The van der Waals surface area contributed by atoms with E-state index >= 15 is 0 Å². The van der Waals surface area contributed by atoms with Crippen LogP contribution in [0.25, 0.3) is 0 Å². The molecular formula is C12H6BrClF4N2O. The van der Waals surface area contributed by atoms with Crippen molar-refractivity contribution in [1.29, 1.82) is 0 Å². The Morgan fingerprint density at radius 1 is 1.24 bits per heavy atom. The highest BCUT2D eigenvalue weighted by Gasteiger charge is 2.31. The molecule has 2 rings (SSSR count). The van der Waals surface area contributed by atoms with Crippen LogP contribution in [0.3, 0.4) is 0 Å². The summed E-state index contributed by atoms with van der Waals surface area (Å²) in [7, 11) is 0. The van der Waals surface area contributed by atoms with Gasteiger partial charge in [-0.25, -0.2) is 9.37 Å². The van der Waals surface area contributed by atoms with E-state index in [1.54, 1.807) is 0 Å². The Hall–Kier alpha value is -1.54. The van der Waals surface area contributed by atoms with E-state index in [1.165, 1.54) is 18.3 Å². The molecule has 0 radical (unpaired) electrons. The maximum absolute atomic E-state index is 13.5. The number of pyridine rings is 1. The number of alkyl halides is 3. The number of hydrogen-bond acceptors (Lipinski definition) is 3. The Balaban J connectivity index is 2.20. The van der Waals surface area contributed by atoms with E-state index in [4.69, 9.17) is 11.6 Å². The molecule has 0 unspecified atom stereocenters. The Morgan fingerprint density at radius 2 is 1.95 bits per heavy atom. The zero-order valence-corrected chi connectivity index (χ0v) is 12.4. The highest BCUT2D eigenvalue weighted by atomic mass is 79.9. The fourth-order valence-electron chi connectivity index (χ4n) is 1.43. The quantitative estimate of drug-likeness (QED) is 0.730. The summed E-state index contributed by atoms with van der Waals surface area (Å²) in [6.07, 6.45) is -3.55. The number of nitrogens with one attached hydrogen (secondary N) is 1. The van der Waals surface area contributed by atoms with Gasteiger partial charge < -0.3 is 10.1 Å². The summed E-state index contributed by atoms with van der Waals surface area (Å²) < 4.78 is 53.8. The summed E-state index contributed by atoms with van der Waals surface area (Å²) >= 11 is 8.51. The van der Waals surface area contributed by atoms with Gasteiger partial charge in [0, 0.05) is 11.9 Å². The lowest BCUT2D eigenvalue weighted by Gasteiger charge is -2.12. The molecular weight excluding hydrogens is 379 g/mol. The topological polar surface area (TPSA) is 34.2 Å². The zero-order chi connectivity index (χ0) is 15.6. The molecule has 21 heavy (non-hydrogen) atoms. The maximum atomic E-state index is 13.5. The summed E-state index contributed by atoms with van der Waals surface area (Å²) in [5.41, 5.74) is 0.324. The second-order valence-electron chi connectivity index (χ2n) is 3.80. The maximum Gasteiger partial charge on any atom is 0.573 e. The van der Waals surface area contributed by atoms with Gasteiger partial charge in [0.05, 0.1) is 9.50 Å². The molecule has 0 atom stereocenters. The highest BCUT2D eigenvalue weighted by molar-refractivity contribution is 9.10. The van der Waals surface area contributed by atoms with E-state index in [0.717, 1.165) is 12.1 Å². The van der Waals surface area contributed by atoms with Gasteiger partial charge in [0.2, 0.25) is 0 Å². The first-order chi connectivity index (χ1) is 9.74. The Bertz CT molecular complexity index is 666. The van der Waals surface area contributed by atoms with Crippen molar-refractivity contribution in [1.82, 2.24) is 4.98 Å². The van der Waals surface area contributed by atoms with Crippen LogP contribution in [0, 0.1) is 5.82 Å². The standard InChI is InChI=1S/C12H6BrClF4N2O/c13-8-4-7(1-2-10(8)21-12(16,17)18)20-11-9(15)3-6(14)5-19-11/h1-5H,(H,19,20). The molecule has 0 bridgehead atoms. The number of ether oxygens (including phenoxy) is 1. The van der Waals surface area contributed by atoms with E-state index < -0.39 is 17.9 Å². The van der Waals surface area contributed by atoms with Crippen molar-refractivity contribution in [3.05, 3.63) is 45.8 Å². The largest absolute Gasteiger partial charge is 0.573 e. The predicted octanol–water partition coefficient (Wildman–Crippen LogP) is 5.28.